The van der Waals surface area contributed by atoms with Crippen LogP contribution in [-0.4, -0.2) is 19.8 Å². The number of methoxy groups -OCH3 is 1. The highest BCUT2D eigenvalue weighted by molar-refractivity contribution is 5.85. The fraction of sp³-hybridized carbons (Fsp3) is 0.250. The number of benzene rings is 2. The highest BCUT2D eigenvalue weighted by Gasteiger charge is 2.32. The summed E-state index contributed by atoms with van der Waals surface area (Å²) in [7, 11) is 1.30. The lowest BCUT2D eigenvalue weighted by Crippen LogP contribution is -2.18. The molecule has 11 heteroatoms. The van der Waals surface area contributed by atoms with Crippen LogP contribution >= 0.6 is 12.4 Å². The van der Waals surface area contributed by atoms with E-state index in [9.17, 15) is 26.3 Å². The van der Waals surface area contributed by atoms with Crippen molar-refractivity contribution in [2.24, 2.45) is 5.73 Å². The Morgan fingerprint density at radius 2 is 1.30 bits per heavy atom. The molecule has 0 spiro atoms. The van der Waals surface area contributed by atoms with Crippen molar-refractivity contribution >= 4 is 12.4 Å². The van der Waals surface area contributed by atoms with E-state index in [-0.39, 0.29) is 23.7 Å². The molecule has 0 aromatic heterocycles. The van der Waals surface area contributed by atoms with Gasteiger partial charge in [0, 0.05) is 5.56 Å². The average Bonchev–Trinajstić information content (AvgIpc) is 2.52. The summed E-state index contributed by atoms with van der Waals surface area (Å²) in [6.07, 6.45) is -9.72. The maximum Gasteiger partial charge on any atom is 0.573 e. The third-order valence-electron chi connectivity index (χ3n) is 3.24. The van der Waals surface area contributed by atoms with Gasteiger partial charge in [-0.1, -0.05) is 12.1 Å². The van der Waals surface area contributed by atoms with Crippen molar-refractivity contribution in [2.45, 2.75) is 18.8 Å². The van der Waals surface area contributed by atoms with Crippen LogP contribution in [0, 0.1) is 0 Å². The molecule has 2 aromatic rings. The summed E-state index contributed by atoms with van der Waals surface area (Å²) >= 11 is 0. The zero-order valence-electron chi connectivity index (χ0n) is 13.6. The lowest BCUT2D eigenvalue weighted by atomic mass is 9.98. The number of rotatable bonds is 5. The number of halogens is 7. The second-order valence-corrected chi connectivity index (χ2v) is 5.05. The number of ether oxygens (including phenoxy) is 3. The predicted octanol–water partition coefficient (Wildman–Crippen LogP) is 4.96. The van der Waals surface area contributed by atoms with Crippen molar-refractivity contribution in [1.29, 1.82) is 0 Å². The molecule has 0 aliphatic rings. The second-order valence-electron chi connectivity index (χ2n) is 5.05. The molecular formula is C16H14ClF6NO3. The van der Waals surface area contributed by atoms with Crippen molar-refractivity contribution in [3.63, 3.8) is 0 Å². The standard InChI is InChI=1S/C16H13F6NO3.ClH/c1-24-13-7-6-11(26-16(20,21)22)8-12(13)14(23)9-2-4-10(5-3-9)25-15(17,18)19;/h2-8,14H,23H2,1H3;1H/t14-;/m1./s1. The molecule has 2 N–H and O–H groups in total. The fourth-order valence-electron chi connectivity index (χ4n) is 2.21. The molecule has 2 rings (SSSR count). The third kappa shape index (κ3) is 6.72. The summed E-state index contributed by atoms with van der Waals surface area (Å²) in [6.45, 7) is 0. The Kier molecular flexibility index (Phi) is 7.21. The minimum Gasteiger partial charge on any atom is -0.496 e. The van der Waals surface area contributed by atoms with E-state index in [1.807, 2.05) is 0 Å². The minimum atomic E-state index is -4.88. The molecule has 2 aromatic carbocycles. The number of nitrogens with two attached hydrogens (primary N) is 1. The third-order valence-corrected chi connectivity index (χ3v) is 3.24. The Labute approximate surface area is 156 Å². The van der Waals surface area contributed by atoms with Gasteiger partial charge in [-0.2, -0.15) is 0 Å². The largest absolute Gasteiger partial charge is 0.573 e. The zero-order valence-corrected chi connectivity index (χ0v) is 14.4. The van der Waals surface area contributed by atoms with Crippen LogP contribution in [0.25, 0.3) is 0 Å². The van der Waals surface area contributed by atoms with Gasteiger partial charge < -0.3 is 19.9 Å². The summed E-state index contributed by atoms with van der Waals surface area (Å²) in [5, 5.41) is 0. The molecular weight excluding hydrogens is 404 g/mol. The van der Waals surface area contributed by atoms with Crippen LogP contribution < -0.4 is 19.9 Å². The van der Waals surface area contributed by atoms with Gasteiger partial charge in [-0.25, -0.2) is 0 Å². The van der Waals surface area contributed by atoms with Crippen molar-refractivity contribution in [3.05, 3.63) is 53.6 Å². The number of hydrogen-bond donors (Lipinski definition) is 1. The molecule has 0 aliphatic carbocycles. The summed E-state index contributed by atoms with van der Waals surface area (Å²) < 4.78 is 86.3. The first-order chi connectivity index (χ1) is 12.0. The highest BCUT2D eigenvalue weighted by atomic mass is 35.5. The van der Waals surface area contributed by atoms with Gasteiger partial charge in [0.2, 0.25) is 0 Å². The van der Waals surface area contributed by atoms with Gasteiger partial charge in [0.1, 0.15) is 17.2 Å². The predicted molar refractivity (Wildman–Crippen MR) is 86.1 cm³/mol. The molecule has 150 valence electrons. The average molecular weight is 418 g/mol. The Morgan fingerprint density at radius 3 is 1.78 bits per heavy atom. The Bertz CT molecular complexity index is 749. The molecule has 27 heavy (non-hydrogen) atoms. The van der Waals surface area contributed by atoms with E-state index >= 15 is 0 Å². The van der Waals surface area contributed by atoms with E-state index in [4.69, 9.17) is 10.5 Å². The van der Waals surface area contributed by atoms with Crippen LogP contribution in [0.5, 0.6) is 17.2 Å². The Morgan fingerprint density at radius 1 is 0.815 bits per heavy atom. The van der Waals surface area contributed by atoms with E-state index in [2.05, 4.69) is 9.47 Å². The van der Waals surface area contributed by atoms with Crippen molar-refractivity contribution < 1.29 is 40.6 Å². The fourth-order valence-corrected chi connectivity index (χ4v) is 2.21. The first-order valence-electron chi connectivity index (χ1n) is 7.03. The minimum absolute atomic E-state index is 0. The second kappa shape index (κ2) is 8.57. The van der Waals surface area contributed by atoms with E-state index in [0.29, 0.717) is 5.56 Å². The maximum absolute atomic E-state index is 12.4. The molecule has 0 amide bonds. The number of hydrogen-bond acceptors (Lipinski definition) is 4. The van der Waals surface area contributed by atoms with Gasteiger partial charge in [0.05, 0.1) is 13.2 Å². The van der Waals surface area contributed by atoms with Gasteiger partial charge in [0.15, 0.2) is 0 Å². The molecule has 0 aliphatic heterocycles. The quantitative estimate of drug-likeness (QED) is 0.698. The summed E-state index contributed by atoms with van der Waals surface area (Å²) in [4.78, 5) is 0. The molecule has 0 unspecified atom stereocenters. The lowest BCUT2D eigenvalue weighted by Gasteiger charge is -2.18. The van der Waals surface area contributed by atoms with Crippen molar-refractivity contribution in [3.8, 4) is 17.2 Å². The van der Waals surface area contributed by atoms with Gasteiger partial charge in [-0.15, -0.1) is 38.7 Å². The topological polar surface area (TPSA) is 53.7 Å². The summed E-state index contributed by atoms with van der Waals surface area (Å²) in [5.74, 6) is -0.752. The van der Waals surface area contributed by atoms with Gasteiger partial charge in [0.25, 0.3) is 0 Å². The van der Waals surface area contributed by atoms with Crippen molar-refractivity contribution in [1.82, 2.24) is 0 Å². The molecule has 0 saturated heterocycles. The van der Waals surface area contributed by atoms with Crippen LogP contribution in [-0.2, 0) is 0 Å². The van der Waals surface area contributed by atoms with Gasteiger partial charge >= 0.3 is 12.7 Å². The lowest BCUT2D eigenvalue weighted by molar-refractivity contribution is -0.275. The summed E-state index contributed by atoms with van der Waals surface area (Å²) in [6, 6.07) is 7.01. The monoisotopic (exact) mass is 417 g/mol. The Hall–Kier alpha value is -2.33. The van der Waals surface area contributed by atoms with Crippen molar-refractivity contribution in [2.75, 3.05) is 7.11 Å². The first-order valence-corrected chi connectivity index (χ1v) is 7.03. The Balaban J connectivity index is 0.00000364. The smallest absolute Gasteiger partial charge is 0.496 e. The van der Waals surface area contributed by atoms with E-state index in [0.717, 1.165) is 24.3 Å². The van der Waals surface area contributed by atoms with Crippen LogP contribution in [0.3, 0.4) is 0 Å². The maximum atomic E-state index is 12.4. The molecule has 0 fully saturated rings. The molecule has 1 atom stereocenters. The van der Waals surface area contributed by atoms with Crippen LogP contribution in [0.15, 0.2) is 42.5 Å². The SMILES string of the molecule is COc1ccc(OC(F)(F)F)cc1[C@H](N)c1ccc(OC(F)(F)F)cc1.Cl. The van der Waals surface area contributed by atoms with E-state index in [1.54, 1.807) is 0 Å². The molecule has 4 nitrogen and oxygen atoms in total. The molecule has 0 saturated carbocycles. The highest BCUT2D eigenvalue weighted by Crippen LogP contribution is 2.34. The normalized spacial score (nSPS) is 12.7. The zero-order chi connectivity index (χ0) is 19.5. The van der Waals surface area contributed by atoms with Gasteiger partial charge in [-0.05, 0) is 35.9 Å². The van der Waals surface area contributed by atoms with E-state index < -0.39 is 30.3 Å². The van der Waals surface area contributed by atoms with Crippen LogP contribution in [0.4, 0.5) is 26.3 Å². The summed E-state index contributed by atoms with van der Waals surface area (Å²) in [5.41, 5.74) is 6.52. The molecule has 0 bridgehead atoms. The molecule has 0 heterocycles. The van der Waals surface area contributed by atoms with Crippen LogP contribution in [0.1, 0.15) is 17.2 Å². The number of alkyl halides is 6. The molecule has 0 radical (unpaired) electrons. The van der Waals surface area contributed by atoms with E-state index in [1.165, 1.54) is 25.3 Å². The van der Waals surface area contributed by atoms with Crippen LogP contribution in [0.2, 0.25) is 0 Å². The van der Waals surface area contributed by atoms with Gasteiger partial charge in [-0.3, -0.25) is 0 Å². The first kappa shape index (κ1) is 22.7.